The van der Waals surface area contributed by atoms with Crippen LogP contribution in [0.1, 0.15) is 0 Å². The Morgan fingerprint density at radius 1 is 1.57 bits per heavy atom. The molecule has 1 fully saturated rings. The molecule has 14 heavy (non-hydrogen) atoms. The quantitative estimate of drug-likeness (QED) is 0.442. The maximum Gasteiger partial charge on any atom is 0.317 e. The standard InChI is InChI=1S/C8H11NO5/c10-5-6(11)7-3-9(1-2-14-7)4-8(12)13/h5,7H,1-4H2,(H,12,13). The molecule has 1 aliphatic rings. The van der Waals surface area contributed by atoms with Gasteiger partial charge in [0.1, 0.15) is 6.10 Å². The fourth-order valence-electron chi connectivity index (χ4n) is 1.29. The number of hydrogen-bond donors (Lipinski definition) is 1. The number of Topliss-reactive ketones (excluding diaryl/α,β-unsaturated/α-hetero) is 1. The molecule has 78 valence electrons. The molecule has 0 bridgehead atoms. The van der Waals surface area contributed by atoms with Gasteiger partial charge in [0.2, 0.25) is 5.78 Å². The van der Waals surface area contributed by atoms with Crippen LogP contribution in [0, 0.1) is 0 Å². The van der Waals surface area contributed by atoms with Crippen molar-refractivity contribution < 1.29 is 24.2 Å². The van der Waals surface area contributed by atoms with E-state index in [-0.39, 0.29) is 26.0 Å². The number of carbonyl (C=O) groups is 3. The van der Waals surface area contributed by atoms with E-state index in [9.17, 15) is 14.4 Å². The van der Waals surface area contributed by atoms with Crippen LogP contribution < -0.4 is 0 Å². The Labute approximate surface area is 80.4 Å². The number of nitrogens with zero attached hydrogens (tertiary/aromatic N) is 1. The van der Waals surface area contributed by atoms with Crippen molar-refractivity contribution >= 4 is 18.0 Å². The van der Waals surface area contributed by atoms with Crippen molar-refractivity contribution in [1.82, 2.24) is 4.90 Å². The predicted molar refractivity (Wildman–Crippen MR) is 44.9 cm³/mol. The van der Waals surface area contributed by atoms with E-state index in [2.05, 4.69) is 0 Å². The van der Waals surface area contributed by atoms with E-state index in [1.807, 2.05) is 0 Å². The van der Waals surface area contributed by atoms with Crippen LogP contribution in [0.25, 0.3) is 0 Å². The van der Waals surface area contributed by atoms with Crippen molar-refractivity contribution in [1.29, 1.82) is 0 Å². The smallest absolute Gasteiger partial charge is 0.317 e. The fourth-order valence-corrected chi connectivity index (χ4v) is 1.29. The van der Waals surface area contributed by atoms with Crippen LogP contribution in [-0.2, 0) is 19.1 Å². The van der Waals surface area contributed by atoms with E-state index in [4.69, 9.17) is 9.84 Å². The summed E-state index contributed by atoms with van der Waals surface area (Å²) in [5, 5.41) is 8.51. The van der Waals surface area contributed by atoms with Crippen molar-refractivity contribution in [2.24, 2.45) is 0 Å². The molecule has 1 heterocycles. The van der Waals surface area contributed by atoms with Crippen molar-refractivity contribution in [2.75, 3.05) is 26.2 Å². The van der Waals surface area contributed by atoms with Crippen LogP contribution in [0.5, 0.6) is 0 Å². The molecule has 0 radical (unpaired) electrons. The third-order valence-electron chi connectivity index (χ3n) is 1.94. The van der Waals surface area contributed by atoms with Gasteiger partial charge in [-0.3, -0.25) is 19.3 Å². The molecule has 6 heteroatoms. The minimum absolute atomic E-state index is 0.133. The van der Waals surface area contributed by atoms with Crippen LogP contribution in [0.4, 0.5) is 0 Å². The Morgan fingerprint density at radius 3 is 2.86 bits per heavy atom. The van der Waals surface area contributed by atoms with Gasteiger partial charge in [0.25, 0.3) is 0 Å². The number of ether oxygens (including phenoxy) is 1. The van der Waals surface area contributed by atoms with Crippen LogP contribution >= 0.6 is 0 Å². The van der Waals surface area contributed by atoms with Gasteiger partial charge < -0.3 is 9.84 Å². The lowest BCUT2D eigenvalue weighted by molar-refractivity contribution is -0.146. The first-order chi connectivity index (χ1) is 6.63. The first-order valence-electron chi connectivity index (χ1n) is 4.18. The fraction of sp³-hybridized carbons (Fsp3) is 0.625. The van der Waals surface area contributed by atoms with Crippen LogP contribution in [0.15, 0.2) is 0 Å². The van der Waals surface area contributed by atoms with Crippen molar-refractivity contribution in [3.8, 4) is 0 Å². The molecule has 0 aliphatic carbocycles. The average Bonchev–Trinajstić information content (AvgIpc) is 2.16. The number of aldehydes is 1. The van der Waals surface area contributed by atoms with Crippen LogP contribution in [0.3, 0.4) is 0 Å². The number of hydrogen-bond acceptors (Lipinski definition) is 5. The van der Waals surface area contributed by atoms with Crippen molar-refractivity contribution in [3.05, 3.63) is 0 Å². The lowest BCUT2D eigenvalue weighted by Crippen LogP contribution is -2.48. The van der Waals surface area contributed by atoms with Crippen LogP contribution in [0.2, 0.25) is 0 Å². The highest BCUT2D eigenvalue weighted by atomic mass is 16.5. The summed E-state index contributed by atoms with van der Waals surface area (Å²) in [4.78, 5) is 33.0. The molecule has 1 rings (SSSR count). The van der Waals surface area contributed by atoms with Gasteiger partial charge >= 0.3 is 5.97 Å². The lowest BCUT2D eigenvalue weighted by atomic mass is 10.2. The van der Waals surface area contributed by atoms with Gasteiger partial charge in [-0.05, 0) is 0 Å². The van der Waals surface area contributed by atoms with Gasteiger partial charge in [0.05, 0.1) is 13.2 Å². The molecule has 0 saturated carbocycles. The van der Waals surface area contributed by atoms with Gasteiger partial charge in [-0.15, -0.1) is 0 Å². The number of ketones is 1. The molecule has 1 aliphatic heterocycles. The first-order valence-corrected chi connectivity index (χ1v) is 4.18. The predicted octanol–water partition coefficient (Wildman–Crippen LogP) is -1.46. The second-order valence-electron chi connectivity index (χ2n) is 3.01. The molecular weight excluding hydrogens is 190 g/mol. The van der Waals surface area contributed by atoms with Gasteiger partial charge in [-0.2, -0.15) is 0 Å². The summed E-state index contributed by atoms with van der Waals surface area (Å²) in [6.45, 7) is 0.780. The number of carbonyl (C=O) groups excluding carboxylic acids is 2. The molecule has 0 aromatic carbocycles. The minimum atomic E-state index is -0.954. The third-order valence-corrected chi connectivity index (χ3v) is 1.94. The Balaban J connectivity index is 2.47. The highest BCUT2D eigenvalue weighted by Crippen LogP contribution is 2.04. The van der Waals surface area contributed by atoms with Gasteiger partial charge in [-0.1, -0.05) is 0 Å². The highest BCUT2D eigenvalue weighted by Gasteiger charge is 2.26. The van der Waals surface area contributed by atoms with Crippen molar-refractivity contribution in [3.63, 3.8) is 0 Å². The Morgan fingerprint density at radius 2 is 2.29 bits per heavy atom. The molecule has 6 nitrogen and oxygen atoms in total. The minimum Gasteiger partial charge on any atom is -0.480 e. The largest absolute Gasteiger partial charge is 0.480 e. The lowest BCUT2D eigenvalue weighted by Gasteiger charge is -2.29. The maximum atomic E-state index is 10.9. The molecule has 1 atom stereocenters. The molecule has 1 saturated heterocycles. The summed E-state index contributed by atoms with van der Waals surface area (Å²) >= 11 is 0. The topological polar surface area (TPSA) is 83.9 Å². The zero-order valence-corrected chi connectivity index (χ0v) is 7.51. The Hall–Kier alpha value is -1.27. The number of carboxylic acids is 1. The monoisotopic (exact) mass is 201 g/mol. The normalized spacial score (nSPS) is 23.0. The molecule has 0 aromatic rings. The zero-order valence-electron chi connectivity index (χ0n) is 7.51. The molecular formula is C8H11NO5. The second kappa shape index (κ2) is 4.83. The van der Waals surface area contributed by atoms with E-state index < -0.39 is 17.9 Å². The average molecular weight is 201 g/mol. The zero-order chi connectivity index (χ0) is 10.6. The third kappa shape index (κ3) is 2.90. The summed E-state index contributed by atoms with van der Waals surface area (Å²) in [5.41, 5.74) is 0. The summed E-state index contributed by atoms with van der Waals surface area (Å²) in [7, 11) is 0. The van der Waals surface area contributed by atoms with Crippen molar-refractivity contribution in [2.45, 2.75) is 6.10 Å². The Kier molecular flexibility index (Phi) is 3.73. The first kappa shape index (κ1) is 10.8. The van der Waals surface area contributed by atoms with Crippen LogP contribution in [-0.4, -0.2) is 60.4 Å². The molecule has 0 amide bonds. The number of rotatable bonds is 4. The van der Waals surface area contributed by atoms with E-state index >= 15 is 0 Å². The molecule has 0 aromatic heterocycles. The summed E-state index contributed by atoms with van der Waals surface area (Å²) < 4.78 is 5.03. The Bertz CT molecular complexity index is 252. The summed E-state index contributed by atoms with van der Waals surface area (Å²) in [5.74, 6) is -1.59. The SMILES string of the molecule is O=CC(=O)C1CN(CC(=O)O)CCO1. The molecule has 1 N–H and O–H groups in total. The van der Waals surface area contributed by atoms with E-state index in [0.717, 1.165) is 0 Å². The van der Waals surface area contributed by atoms with Gasteiger partial charge in [0, 0.05) is 13.1 Å². The number of morpholine rings is 1. The molecule has 0 spiro atoms. The maximum absolute atomic E-state index is 10.9. The molecule has 1 unspecified atom stereocenters. The number of aliphatic carboxylic acids is 1. The number of carboxylic acid groups (broad SMARTS) is 1. The summed E-state index contributed by atoms with van der Waals surface area (Å²) in [6.07, 6.45) is -0.602. The highest BCUT2D eigenvalue weighted by molar-refractivity contribution is 6.27. The van der Waals surface area contributed by atoms with Gasteiger partial charge in [-0.25, -0.2) is 0 Å². The van der Waals surface area contributed by atoms with Gasteiger partial charge in [0.15, 0.2) is 6.29 Å². The summed E-state index contributed by atoms with van der Waals surface area (Å²) in [6, 6.07) is 0. The van der Waals surface area contributed by atoms with E-state index in [1.54, 1.807) is 4.90 Å². The van der Waals surface area contributed by atoms with E-state index in [0.29, 0.717) is 6.54 Å². The van der Waals surface area contributed by atoms with E-state index in [1.165, 1.54) is 0 Å². The second-order valence-corrected chi connectivity index (χ2v) is 3.01.